The van der Waals surface area contributed by atoms with Crippen molar-refractivity contribution in [3.8, 4) is 0 Å². The number of fused-ring (bicyclic) bond motifs is 1. The van der Waals surface area contributed by atoms with Gasteiger partial charge in [0.05, 0.1) is 6.61 Å². The minimum absolute atomic E-state index is 0. The van der Waals surface area contributed by atoms with Crippen molar-refractivity contribution in [3.63, 3.8) is 0 Å². The van der Waals surface area contributed by atoms with Gasteiger partial charge in [-0.25, -0.2) is 4.79 Å². The van der Waals surface area contributed by atoms with Gasteiger partial charge >= 0.3 is 5.69 Å². The van der Waals surface area contributed by atoms with E-state index >= 15 is 0 Å². The van der Waals surface area contributed by atoms with Gasteiger partial charge in [0, 0.05) is 11.8 Å². The molecule has 0 radical (unpaired) electrons. The molecule has 2 saturated heterocycles. The standard InChI is InChI=1S/C13H18N2O6.CH4/c1-6-4-15(12(18)14-10(6)17)11-9-8(7(5-16)19-11)20-13(2,3)21-9;/h4,7-9,11,16H,5H2,1-3H3,(H,14,17,18);1H4. The third-order valence-electron chi connectivity index (χ3n) is 3.73. The van der Waals surface area contributed by atoms with Crippen LogP contribution in [0.5, 0.6) is 0 Å². The lowest BCUT2D eigenvalue weighted by Crippen LogP contribution is -2.38. The van der Waals surface area contributed by atoms with Gasteiger partial charge in [0.25, 0.3) is 5.56 Å². The first-order valence-electron chi connectivity index (χ1n) is 6.76. The molecular formula is C14H22N2O6. The van der Waals surface area contributed by atoms with E-state index in [1.165, 1.54) is 10.8 Å². The van der Waals surface area contributed by atoms with Gasteiger partial charge < -0.3 is 19.3 Å². The molecule has 3 rings (SSSR count). The maximum Gasteiger partial charge on any atom is 0.330 e. The number of aromatic nitrogens is 2. The maximum absolute atomic E-state index is 12.0. The predicted molar refractivity (Wildman–Crippen MR) is 77.6 cm³/mol. The van der Waals surface area contributed by atoms with Crippen LogP contribution in [0.3, 0.4) is 0 Å². The second-order valence-electron chi connectivity index (χ2n) is 5.79. The molecule has 2 fully saturated rings. The highest BCUT2D eigenvalue weighted by Gasteiger charge is 2.55. The molecular weight excluding hydrogens is 292 g/mol. The molecule has 0 aromatic carbocycles. The van der Waals surface area contributed by atoms with E-state index in [4.69, 9.17) is 14.2 Å². The van der Waals surface area contributed by atoms with E-state index in [0.29, 0.717) is 5.56 Å². The lowest BCUT2D eigenvalue weighted by molar-refractivity contribution is -0.200. The van der Waals surface area contributed by atoms with Crippen LogP contribution in [0.4, 0.5) is 0 Å². The molecule has 0 aliphatic carbocycles. The van der Waals surface area contributed by atoms with Crippen molar-refractivity contribution >= 4 is 0 Å². The van der Waals surface area contributed by atoms with Gasteiger partial charge in [-0.1, -0.05) is 7.43 Å². The van der Waals surface area contributed by atoms with Crippen LogP contribution in [0.1, 0.15) is 33.1 Å². The zero-order valence-corrected chi connectivity index (χ0v) is 12.0. The molecule has 0 spiro atoms. The second kappa shape index (κ2) is 5.62. The van der Waals surface area contributed by atoms with Crippen LogP contribution in [-0.2, 0) is 14.2 Å². The summed E-state index contributed by atoms with van der Waals surface area (Å²) in [5.41, 5.74) is -0.630. The fraction of sp³-hybridized carbons (Fsp3) is 0.714. The normalized spacial score (nSPS) is 32.5. The molecule has 8 heteroatoms. The Balaban J connectivity index is 0.00000176. The van der Waals surface area contributed by atoms with Crippen molar-refractivity contribution in [2.24, 2.45) is 0 Å². The fourth-order valence-corrected chi connectivity index (χ4v) is 2.81. The molecule has 3 heterocycles. The van der Waals surface area contributed by atoms with Crippen molar-refractivity contribution < 1.29 is 19.3 Å². The Morgan fingerprint density at radius 1 is 1.32 bits per heavy atom. The molecule has 0 bridgehead atoms. The third-order valence-corrected chi connectivity index (χ3v) is 3.73. The molecule has 1 aromatic rings. The van der Waals surface area contributed by atoms with E-state index < -0.39 is 41.6 Å². The van der Waals surface area contributed by atoms with E-state index in [9.17, 15) is 14.7 Å². The van der Waals surface area contributed by atoms with E-state index in [0.717, 1.165) is 0 Å². The van der Waals surface area contributed by atoms with Gasteiger partial charge in [-0.2, -0.15) is 0 Å². The van der Waals surface area contributed by atoms with Crippen LogP contribution in [-0.4, -0.2) is 45.4 Å². The van der Waals surface area contributed by atoms with Gasteiger partial charge in [-0.15, -0.1) is 0 Å². The Kier molecular flexibility index (Phi) is 4.31. The molecule has 124 valence electrons. The van der Waals surface area contributed by atoms with E-state index in [-0.39, 0.29) is 14.0 Å². The lowest BCUT2D eigenvalue weighted by Gasteiger charge is -2.24. The number of aliphatic hydroxyl groups is 1. The number of rotatable bonds is 2. The Bertz CT molecular complexity index is 664. The molecule has 0 saturated carbocycles. The largest absolute Gasteiger partial charge is 0.394 e. The van der Waals surface area contributed by atoms with Crippen molar-refractivity contribution in [2.75, 3.05) is 6.61 Å². The molecule has 2 aliphatic rings. The smallest absolute Gasteiger partial charge is 0.330 e. The lowest BCUT2D eigenvalue weighted by atomic mass is 10.1. The summed E-state index contributed by atoms with van der Waals surface area (Å²) in [7, 11) is 0. The van der Waals surface area contributed by atoms with Crippen LogP contribution in [0.2, 0.25) is 0 Å². The van der Waals surface area contributed by atoms with Crippen LogP contribution in [0.25, 0.3) is 0 Å². The number of hydrogen-bond acceptors (Lipinski definition) is 6. The highest BCUT2D eigenvalue weighted by atomic mass is 16.8. The molecule has 22 heavy (non-hydrogen) atoms. The van der Waals surface area contributed by atoms with E-state index in [2.05, 4.69) is 4.98 Å². The molecule has 2 aliphatic heterocycles. The van der Waals surface area contributed by atoms with Gasteiger partial charge in [0.2, 0.25) is 0 Å². The second-order valence-corrected chi connectivity index (χ2v) is 5.79. The number of aromatic amines is 1. The molecule has 2 N–H and O–H groups in total. The summed E-state index contributed by atoms with van der Waals surface area (Å²) in [4.78, 5) is 25.7. The first-order chi connectivity index (χ1) is 9.82. The maximum atomic E-state index is 12.0. The quantitative estimate of drug-likeness (QED) is 0.789. The Hall–Kier alpha value is -1.48. The summed E-state index contributed by atoms with van der Waals surface area (Å²) in [6.07, 6.45) is -0.899. The number of nitrogens with zero attached hydrogens (tertiary/aromatic N) is 1. The van der Waals surface area contributed by atoms with Gasteiger partial charge in [-0.3, -0.25) is 14.3 Å². The minimum Gasteiger partial charge on any atom is -0.394 e. The van der Waals surface area contributed by atoms with Crippen molar-refractivity contribution in [1.29, 1.82) is 0 Å². The Morgan fingerprint density at radius 2 is 1.95 bits per heavy atom. The van der Waals surface area contributed by atoms with Gasteiger partial charge in [-0.05, 0) is 20.8 Å². The summed E-state index contributed by atoms with van der Waals surface area (Å²) in [5, 5.41) is 9.41. The summed E-state index contributed by atoms with van der Waals surface area (Å²) >= 11 is 0. The highest BCUT2D eigenvalue weighted by Crippen LogP contribution is 2.42. The van der Waals surface area contributed by atoms with E-state index in [1.54, 1.807) is 20.8 Å². The topological polar surface area (TPSA) is 103 Å². The number of nitrogens with one attached hydrogen (secondary N) is 1. The Labute approximate surface area is 127 Å². The fourth-order valence-electron chi connectivity index (χ4n) is 2.81. The molecule has 0 amide bonds. The molecule has 4 unspecified atom stereocenters. The average molecular weight is 314 g/mol. The summed E-state index contributed by atoms with van der Waals surface area (Å²) < 4.78 is 18.5. The highest BCUT2D eigenvalue weighted by molar-refractivity contribution is 5.04. The van der Waals surface area contributed by atoms with E-state index in [1.807, 2.05) is 0 Å². The number of aryl methyl sites for hydroxylation is 1. The summed E-state index contributed by atoms with van der Waals surface area (Å²) in [5.74, 6) is -0.814. The Morgan fingerprint density at radius 3 is 2.59 bits per heavy atom. The first-order valence-corrected chi connectivity index (χ1v) is 6.76. The van der Waals surface area contributed by atoms with Gasteiger partial charge in [0.15, 0.2) is 12.0 Å². The van der Waals surface area contributed by atoms with Gasteiger partial charge in [0.1, 0.15) is 18.3 Å². The predicted octanol–water partition coefficient (Wildman–Crippen LogP) is -0.109. The van der Waals surface area contributed by atoms with Crippen molar-refractivity contribution in [3.05, 3.63) is 32.6 Å². The molecule has 1 aromatic heterocycles. The molecule has 4 atom stereocenters. The zero-order valence-electron chi connectivity index (χ0n) is 12.0. The van der Waals surface area contributed by atoms with Crippen molar-refractivity contribution in [2.45, 2.75) is 58.5 Å². The van der Waals surface area contributed by atoms with Crippen LogP contribution >= 0.6 is 0 Å². The minimum atomic E-state index is -0.814. The monoisotopic (exact) mass is 314 g/mol. The van der Waals surface area contributed by atoms with Crippen LogP contribution in [0.15, 0.2) is 15.8 Å². The first kappa shape index (κ1) is 16.9. The van der Waals surface area contributed by atoms with Crippen LogP contribution < -0.4 is 11.2 Å². The van der Waals surface area contributed by atoms with Crippen molar-refractivity contribution in [1.82, 2.24) is 9.55 Å². The summed E-state index contributed by atoms with van der Waals surface area (Å²) in [6, 6.07) is 0. The van der Waals surface area contributed by atoms with Crippen LogP contribution in [0, 0.1) is 6.92 Å². The summed E-state index contributed by atoms with van der Waals surface area (Å²) in [6.45, 7) is 4.88. The molecule has 8 nitrogen and oxygen atoms in total. The SMILES string of the molecule is C.Cc1cn(C2OC(CO)C3OC(C)(C)OC32)c(=O)[nH]c1=O. The number of ether oxygens (including phenoxy) is 3. The average Bonchev–Trinajstić information content (AvgIpc) is 2.87. The third kappa shape index (κ3) is 2.63. The zero-order chi connectivity index (χ0) is 15.4. The number of aliphatic hydroxyl groups excluding tert-OH is 1. The number of hydrogen-bond donors (Lipinski definition) is 2. The number of H-pyrrole nitrogens is 1.